The van der Waals surface area contributed by atoms with Crippen LogP contribution in [0.4, 0.5) is 0 Å². The highest BCUT2D eigenvalue weighted by Gasteiger charge is 2.31. The zero-order chi connectivity index (χ0) is 23.8. The third-order valence-corrected chi connectivity index (χ3v) is 7.13. The fourth-order valence-corrected chi connectivity index (χ4v) is 5.29. The molecule has 6 heteroatoms. The molecule has 0 amide bonds. The lowest BCUT2D eigenvalue weighted by Gasteiger charge is -2.41. The van der Waals surface area contributed by atoms with Crippen molar-refractivity contribution in [2.24, 2.45) is 13.0 Å². The van der Waals surface area contributed by atoms with Crippen LogP contribution < -0.4 is 0 Å². The Balaban J connectivity index is 1.48. The van der Waals surface area contributed by atoms with Crippen molar-refractivity contribution < 1.29 is 4.74 Å². The second-order valence-corrected chi connectivity index (χ2v) is 9.61. The number of benzene rings is 1. The summed E-state index contributed by atoms with van der Waals surface area (Å²) in [5, 5.41) is 4.52. The molecule has 0 spiro atoms. The molecule has 1 aromatic carbocycles. The molecule has 1 saturated heterocycles. The van der Waals surface area contributed by atoms with E-state index in [0.717, 1.165) is 51.4 Å². The molecule has 1 fully saturated rings. The minimum atomic E-state index is 0.472. The van der Waals surface area contributed by atoms with E-state index < -0.39 is 0 Å². The highest BCUT2D eigenvalue weighted by molar-refractivity contribution is 5.18. The molecule has 2 aromatic heterocycles. The summed E-state index contributed by atoms with van der Waals surface area (Å²) >= 11 is 0. The molecule has 0 N–H and O–H groups in total. The van der Waals surface area contributed by atoms with Crippen molar-refractivity contribution in [2.45, 2.75) is 45.3 Å². The monoisotopic (exact) mass is 461 g/mol. The minimum absolute atomic E-state index is 0.472. The molecule has 3 heterocycles. The average Bonchev–Trinajstić information content (AvgIpc) is 3.18. The predicted octanol–water partition coefficient (Wildman–Crippen LogP) is 4.10. The Morgan fingerprint density at radius 1 is 1.09 bits per heavy atom. The fraction of sp³-hybridized carbons (Fsp3) is 0.500. The van der Waals surface area contributed by atoms with E-state index in [0.29, 0.717) is 12.0 Å². The number of piperidine rings is 1. The molecular formula is C28H39N5O. The van der Waals surface area contributed by atoms with Gasteiger partial charge >= 0.3 is 0 Å². The summed E-state index contributed by atoms with van der Waals surface area (Å²) in [6.45, 7) is 7.96. The predicted molar refractivity (Wildman–Crippen MR) is 136 cm³/mol. The average molecular weight is 462 g/mol. The van der Waals surface area contributed by atoms with Gasteiger partial charge in [0.2, 0.25) is 0 Å². The summed E-state index contributed by atoms with van der Waals surface area (Å²) in [6, 6.07) is 15.7. The molecule has 1 atom stereocenters. The molecule has 34 heavy (non-hydrogen) atoms. The van der Waals surface area contributed by atoms with E-state index in [-0.39, 0.29) is 0 Å². The molecule has 6 nitrogen and oxygen atoms in total. The van der Waals surface area contributed by atoms with Gasteiger partial charge in [0, 0.05) is 64.0 Å². The van der Waals surface area contributed by atoms with Crippen molar-refractivity contribution in [3.8, 4) is 0 Å². The highest BCUT2D eigenvalue weighted by Crippen LogP contribution is 2.29. The quantitative estimate of drug-likeness (QED) is 0.430. The number of aromatic nitrogens is 3. The first-order valence-electron chi connectivity index (χ1n) is 12.5. The molecule has 1 aliphatic rings. The number of ether oxygens (including phenoxy) is 1. The van der Waals surface area contributed by atoms with E-state index in [4.69, 9.17) is 4.74 Å². The Bertz CT molecular complexity index is 983. The Hall–Kier alpha value is -2.54. The van der Waals surface area contributed by atoms with E-state index in [9.17, 15) is 0 Å². The van der Waals surface area contributed by atoms with E-state index >= 15 is 0 Å². The summed E-state index contributed by atoms with van der Waals surface area (Å²) in [7, 11) is 3.81. The summed E-state index contributed by atoms with van der Waals surface area (Å²) < 4.78 is 7.45. The molecule has 182 valence electrons. The molecule has 4 rings (SSSR count). The first-order chi connectivity index (χ1) is 16.6. The topological polar surface area (TPSA) is 46.4 Å². The van der Waals surface area contributed by atoms with Crippen LogP contribution in [0.1, 0.15) is 35.2 Å². The summed E-state index contributed by atoms with van der Waals surface area (Å²) in [4.78, 5) is 9.60. The summed E-state index contributed by atoms with van der Waals surface area (Å²) in [5.74, 6) is 0.653. The van der Waals surface area contributed by atoms with Crippen molar-refractivity contribution in [3.63, 3.8) is 0 Å². The largest absolute Gasteiger partial charge is 0.383 e. The molecule has 3 aromatic rings. The van der Waals surface area contributed by atoms with Gasteiger partial charge in [0.15, 0.2) is 0 Å². The number of hydrogen-bond acceptors (Lipinski definition) is 5. The first-order valence-corrected chi connectivity index (χ1v) is 12.5. The zero-order valence-electron chi connectivity index (χ0n) is 20.9. The molecule has 0 aliphatic carbocycles. The highest BCUT2D eigenvalue weighted by atomic mass is 16.5. The molecule has 0 radical (unpaired) electrons. The third-order valence-electron chi connectivity index (χ3n) is 7.13. The van der Waals surface area contributed by atoms with Crippen LogP contribution in [-0.2, 0) is 31.3 Å². The van der Waals surface area contributed by atoms with Crippen LogP contribution in [0.15, 0.2) is 61.1 Å². The van der Waals surface area contributed by atoms with Gasteiger partial charge in [0.25, 0.3) is 0 Å². The second kappa shape index (κ2) is 12.2. The van der Waals surface area contributed by atoms with Crippen LogP contribution in [0.25, 0.3) is 0 Å². The number of likely N-dealkylation sites (tertiary alicyclic amines) is 1. The van der Waals surface area contributed by atoms with Crippen molar-refractivity contribution in [3.05, 3.63) is 83.4 Å². The number of rotatable bonds is 11. The molecule has 0 bridgehead atoms. The van der Waals surface area contributed by atoms with Gasteiger partial charge in [0.1, 0.15) is 0 Å². The number of aryl methyl sites for hydroxylation is 2. The minimum Gasteiger partial charge on any atom is -0.383 e. The van der Waals surface area contributed by atoms with E-state index in [1.54, 1.807) is 7.11 Å². The van der Waals surface area contributed by atoms with Crippen LogP contribution in [0, 0.1) is 12.8 Å². The lowest BCUT2D eigenvalue weighted by atomic mass is 9.84. The van der Waals surface area contributed by atoms with Crippen molar-refractivity contribution in [1.29, 1.82) is 0 Å². The standard InChI is InChI=1S/C28H39N5O/c1-23-27(21-31(2)30-23)22-32-14-11-26(12-15-32)28(18-24-8-5-4-6-9-24)33(16-17-34-3)20-25-10-7-13-29-19-25/h4-10,13,19,21,26,28H,11-12,14-18,20,22H2,1-3H3/t28-/m0/s1. The van der Waals surface area contributed by atoms with Gasteiger partial charge in [-0.15, -0.1) is 0 Å². The van der Waals surface area contributed by atoms with Crippen molar-refractivity contribution >= 4 is 0 Å². The van der Waals surface area contributed by atoms with Gasteiger partial charge in [-0.25, -0.2) is 0 Å². The summed E-state index contributed by atoms with van der Waals surface area (Å²) in [5.41, 5.74) is 5.17. The number of pyridine rings is 1. The Kier molecular flexibility index (Phi) is 8.85. The van der Waals surface area contributed by atoms with Gasteiger partial charge < -0.3 is 4.74 Å². The van der Waals surface area contributed by atoms with Gasteiger partial charge in [-0.3, -0.25) is 19.5 Å². The van der Waals surface area contributed by atoms with E-state index in [2.05, 4.69) is 69.4 Å². The van der Waals surface area contributed by atoms with Gasteiger partial charge in [-0.05, 0) is 62.4 Å². The maximum Gasteiger partial charge on any atom is 0.0638 e. The molecule has 0 unspecified atom stereocenters. The second-order valence-electron chi connectivity index (χ2n) is 9.61. The normalized spacial score (nSPS) is 16.2. The Morgan fingerprint density at radius 2 is 1.85 bits per heavy atom. The Labute approximate surface area is 204 Å². The van der Waals surface area contributed by atoms with Crippen LogP contribution >= 0.6 is 0 Å². The molecule has 0 saturated carbocycles. The number of hydrogen-bond donors (Lipinski definition) is 0. The number of methoxy groups -OCH3 is 1. The van der Waals surface area contributed by atoms with Crippen molar-refractivity contribution in [2.75, 3.05) is 33.4 Å². The van der Waals surface area contributed by atoms with Crippen LogP contribution in [-0.4, -0.2) is 64.0 Å². The van der Waals surface area contributed by atoms with Crippen LogP contribution in [0.5, 0.6) is 0 Å². The first kappa shape index (κ1) is 24.6. The summed E-state index contributed by atoms with van der Waals surface area (Å²) in [6.07, 6.45) is 9.51. The van der Waals surface area contributed by atoms with E-state index in [1.165, 1.54) is 29.5 Å². The lowest BCUT2D eigenvalue weighted by Crippen LogP contribution is -2.47. The zero-order valence-corrected chi connectivity index (χ0v) is 20.9. The van der Waals surface area contributed by atoms with E-state index in [1.807, 2.05) is 30.2 Å². The van der Waals surface area contributed by atoms with Crippen LogP contribution in [0.3, 0.4) is 0 Å². The number of nitrogens with zero attached hydrogens (tertiary/aromatic N) is 5. The molecule has 1 aliphatic heterocycles. The fourth-order valence-electron chi connectivity index (χ4n) is 5.29. The third kappa shape index (κ3) is 6.75. The Morgan fingerprint density at radius 3 is 2.50 bits per heavy atom. The maximum absolute atomic E-state index is 5.52. The molecular weight excluding hydrogens is 422 g/mol. The maximum atomic E-state index is 5.52. The van der Waals surface area contributed by atoms with Crippen molar-refractivity contribution in [1.82, 2.24) is 24.6 Å². The van der Waals surface area contributed by atoms with Gasteiger partial charge in [-0.1, -0.05) is 36.4 Å². The van der Waals surface area contributed by atoms with Crippen LogP contribution in [0.2, 0.25) is 0 Å². The lowest BCUT2D eigenvalue weighted by molar-refractivity contribution is 0.0570. The smallest absolute Gasteiger partial charge is 0.0638 e. The van der Waals surface area contributed by atoms with Gasteiger partial charge in [-0.2, -0.15) is 5.10 Å². The SMILES string of the molecule is COCCN(Cc1cccnc1)[C@@H](Cc1ccccc1)C1CCN(Cc2cn(C)nc2C)CC1. The van der Waals surface area contributed by atoms with Gasteiger partial charge in [0.05, 0.1) is 12.3 Å².